The molecule has 0 saturated heterocycles. The summed E-state index contributed by atoms with van der Waals surface area (Å²) in [5, 5.41) is 2.55. The summed E-state index contributed by atoms with van der Waals surface area (Å²) in [6.45, 7) is 0.00260. The summed E-state index contributed by atoms with van der Waals surface area (Å²) < 4.78 is 12.1. The van der Waals surface area contributed by atoms with Gasteiger partial charge >= 0.3 is 0 Å². The molecule has 2 aromatic rings. The topological polar surface area (TPSA) is 67.9 Å². The molecule has 3 rings (SSSR count). The van der Waals surface area contributed by atoms with Crippen molar-refractivity contribution in [2.75, 3.05) is 25.1 Å². The number of carbonyl (C=O) groups is 2. The fraction of sp³-hybridized carbons (Fsp3) is 0.222. The van der Waals surface area contributed by atoms with Gasteiger partial charge < -0.3 is 19.7 Å². The number of fused-ring (bicyclic) bond motifs is 1. The van der Waals surface area contributed by atoms with Gasteiger partial charge in [0.1, 0.15) is 11.5 Å². The molecule has 0 saturated carbocycles. The fourth-order valence-corrected chi connectivity index (χ4v) is 2.93. The number of ether oxygens (including phenoxy) is 2. The van der Waals surface area contributed by atoms with Crippen LogP contribution in [0.1, 0.15) is 0 Å². The Morgan fingerprint density at radius 2 is 2.08 bits per heavy atom. The molecular formula is C18H17BrN2O4. The Kier molecular flexibility index (Phi) is 5.23. The molecule has 7 heteroatoms. The van der Waals surface area contributed by atoms with Gasteiger partial charge in [-0.15, -0.1) is 0 Å². The van der Waals surface area contributed by atoms with E-state index in [1.165, 1.54) is 11.9 Å². The van der Waals surface area contributed by atoms with Crippen molar-refractivity contribution in [1.29, 1.82) is 0 Å². The van der Waals surface area contributed by atoms with Crippen LogP contribution in [0.25, 0.3) is 0 Å². The van der Waals surface area contributed by atoms with Crippen molar-refractivity contribution in [1.82, 2.24) is 5.32 Å². The molecule has 0 fully saturated rings. The van der Waals surface area contributed by atoms with Gasteiger partial charge in [-0.25, -0.2) is 0 Å². The zero-order chi connectivity index (χ0) is 17.8. The largest absolute Gasteiger partial charge is 0.484 e. The van der Waals surface area contributed by atoms with Crippen LogP contribution < -0.4 is 19.7 Å². The molecule has 0 radical (unpaired) electrons. The van der Waals surface area contributed by atoms with Crippen molar-refractivity contribution in [3.63, 3.8) is 0 Å². The monoisotopic (exact) mass is 404 g/mol. The summed E-state index contributed by atoms with van der Waals surface area (Å²) in [7, 11) is 1.54. The molecule has 0 bridgehead atoms. The van der Waals surface area contributed by atoms with E-state index in [4.69, 9.17) is 9.47 Å². The standard InChI is InChI=1S/C18H17BrN2O4/c1-20-18(23)16-10-21(14-7-2-3-8-15(14)25-16)17(22)11-24-13-6-4-5-12(19)9-13/h2-9,16H,10-11H2,1H3,(H,20,23)/t16-/m0/s1. The minimum Gasteiger partial charge on any atom is -0.484 e. The predicted octanol–water partition coefficient (Wildman–Crippen LogP) is 2.37. The van der Waals surface area contributed by atoms with Crippen LogP contribution in [-0.2, 0) is 9.59 Å². The van der Waals surface area contributed by atoms with Crippen LogP contribution in [0.2, 0.25) is 0 Å². The third-order valence-corrected chi connectivity index (χ3v) is 4.27. The number of anilines is 1. The highest BCUT2D eigenvalue weighted by molar-refractivity contribution is 9.10. The van der Waals surface area contributed by atoms with E-state index < -0.39 is 6.10 Å². The lowest BCUT2D eigenvalue weighted by Crippen LogP contribution is -2.51. The van der Waals surface area contributed by atoms with Gasteiger partial charge in [0, 0.05) is 11.5 Å². The number of hydrogen-bond acceptors (Lipinski definition) is 4. The molecule has 1 aliphatic rings. The second kappa shape index (κ2) is 7.57. The number of nitrogens with zero attached hydrogens (tertiary/aromatic N) is 1. The fourth-order valence-electron chi connectivity index (χ4n) is 2.55. The SMILES string of the molecule is CNC(=O)[C@@H]1CN(C(=O)COc2cccc(Br)c2)c2ccccc2O1. The highest BCUT2D eigenvalue weighted by Crippen LogP contribution is 2.33. The van der Waals surface area contributed by atoms with E-state index >= 15 is 0 Å². The van der Waals surface area contributed by atoms with Crippen molar-refractivity contribution in [3.8, 4) is 11.5 Å². The maximum absolute atomic E-state index is 12.7. The number of nitrogens with one attached hydrogen (secondary N) is 1. The van der Waals surface area contributed by atoms with E-state index in [-0.39, 0.29) is 25.0 Å². The minimum absolute atomic E-state index is 0.134. The molecule has 6 nitrogen and oxygen atoms in total. The Morgan fingerprint density at radius 3 is 2.84 bits per heavy atom. The molecule has 0 spiro atoms. The van der Waals surface area contributed by atoms with Crippen molar-refractivity contribution >= 4 is 33.4 Å². The van der Waals surface area contributed by atoms with Crippen LogP contribution in [0.4, 0.5) is 5.69 Å². The van der Waals surface area contributed by atoms with Crippen molar-refractivity contribution in [2.24, 2.45) is 0 Å². The van der Waals surface area contributed by atoms with Crippen molar-refractivity contribution in [2.45, 2.75) is 6.10 Å². The molecule has 2 aromatic carbocycles. The Balaban J connectivity index is 1.77. The first-order chi connectivity index (χ1) is 12.1. The zero-order valence-electron chi connectivity index (χ0n) is 13.6. The molecule has 0 aromatic heterocycles. The number of benzene rings is 2. The van der Waals surface area contributed by atoms with Crippen molar-refractivity contribution < 1.29 is 19.1 Å². The zero-order valence-corrected chi connectivity index (χ0v) is 15.2. The van der Waals surface area contributed by atoms with Gasteiger partial charge in [-0.1, -0.05) is 34.1 Å². The van der Waals surface area contributed by atoms with Crippen LogP contribution in [-0.4, -0.2) is 38.1 Å². The smallest absolute Gasteiger partial charge is 0.265 e. The second-order valence-electron chi connectivity index (χ2n) is 5.44. The lowest BCUT2D eigenvalue weighted by Gasteiger charge is -2.33. The normalized spacial score (nSPS) is 15.8. The van der Waals surface area contributed by atoms with Gasteiger partial charge in [-0.2, -0.15) is 0 Å². The van der Waals surface area contributed by atoms with Crippen LogP contribution in [0.5, 0.6) is 11.5 Å². The Bertz CT molecular complexity index is 796. The van der Waals surface area contributed by atoms with E-state index in [2.05, 4.69) is 21.2 Å². The molecule has 1 aliphatic heterocycles. The third-order valence-electron chi connectivity index (χ3n) is 3.77. The lowest BCUT2D eigenvalue weighted by molar-refractivity contribution is -0.128. The first-order valence-electron chi connectivity index (χ1n) is 7.74. The Morgan fingerprint density at radius 1 is 1.28 bits per heavy atom. The highest BCUT2D eigenvalue weighted by atomic mass is 79.9. The Labute approximate surface area is 153 Å². The van der Waals surface area contributed by atoms with Gasteiger partial charge in [-0.3, -0.25) is 9.59 Å². The summed E-state index contributed by atoms with van der Waals surface area (Å²) in [5.74, 6) is 0.565. The van der Waals surface area contributed by atoms with E-state index in [1.54, 1.807) is 30.3 Å². The van der Waals surface area contributed by atoms with E-state index in [0.29, 0.717) is 17.2 Å². The highest BCUT2D eigenvalue weighted by Gasteiger charge is 2.33. The molecule has 1 heterocycles. The molecule has 1 N–H and O–H groups in total. The molecule has 25 heavy (non-hydrogen) atoms. The van der Waals surface area contributed by atoms with Crippen LogP contribution in [0, 0.1) is 0 Å². The lowest BCUT2D eigenvalue weighted by atomic mass is 10.1. The molecule has 130 valence electrons. The number of para-hydroxylation sites is 2. The van der Waals surface area contributed by atoms with Gasteiger partial charge in [0.15, 0.2) is 12.7 Å². The van der Waals surface area contributed by atoms with Crippen LogP contribution in [0.3, 0.4) is 0 Å². The summed E-state index contributed by atoms with van der Waals surface area (Å²) in [6.07, 6.45) is -0.755. The van der Waals surface area contributed by atoms with E-state index in [1.807, 2.05) is 18.2 Å². The number of amides is 2. The predicted molar refractivity (Wildman–Crippen MR) is 96.9 cm³/mol. The summed E-state index contributed by atoms with van der Waals surface area (Å²) in [4.78, 5) is 26.2. The summed E-state index contributed by atoms with van der Waals surface area (Å²) in [6, 6.07) is 14.4. The summed E-state index contributed by atoms with van der Waals surface area (Å²) >= 11 is 3.36. The molecule has 0 unspecified atom stereocenters. The minimum atomic E-state index is -0.755. The number of likely N-dealkylation sites (N-methyl/N-ethyl adjacent to an activating group) is 1. The number of carbonyl (C=O) groups excluding carboxylic acids is 2. The van der Waals surface area contributed by atoms with Crippen LogP contribution >= 0.6 is 15.9 Å². The molecule has 1 atom stereocenters. The summed E-state index contributed by atoms with van der Waals surface area (Å²) in [5.41, 5.74) is 0.630. The Hall–Kier alpha value is -2.54. The maximum Gasteiger partial charge on any atom is 0.265 e. The van der Waals surface area contributed by atoms with Gasteiger partial charge in [-0.05, 0) is 30.3 Å². The number of rotatable bonds is 4. The van der Waals surface area contributed by atoms with E-state index in [0.717, 1.165) is 4.47 Å². The van der Waals surface area contributed by atoms with Crippen molar-refractivity contribution in [3.05, 3.63) is 53.0 Å². The first-order valence-corrected chi connectivity index (χ1v) is 8.54. The van der Waals surface area contributed by atoms with Crippen LogP contribution in [0.15, 0.2) is 53.0 Å². The molecule has 0 aliphatic carbocycles. The average Bonchev–Trinajstić information content (AvgIpc) is 2.64. The molecular weight excluding hydrogens is 388 g/mol. The van der Waals surface area contributed by atoms with E-state index in [9.17, 15) is 9.59 Å². The average molecular weight is 405 g/mol. The number of hydrogen-bond donors (Lipinski definition) is 1. The van der Waals surface area contributed by atoms with Gasteiger partial charge in [0.25, 0.3) is 11.8 Å². The third kappa shape index (κ3) is 3.93. The van der Waals surface area contributed by atoms with Gasteiger partial charge in [0.05, 0.1) is 12.2 Å². The second-order valence-corrected chi connectivity index (χ2v) is 6.35. The maximum atomic E-state index is 12.7. The molecule has 2 amide bonds. The van der Waals surface area contributed by atoms with Gasteiger partial charge in [0.2, 0.25) is 0 Å². The first kappa shape index (κ1) is 17.3. The quantitative estimate of drug-likeness (QED) is 0.849. The number of halogens is 1.